The monoisotopic (exact) mass is 433 g/mol. The van der Waals surface area contributed by atoms with Gasteiger partial charge in [-0.2, -0.15) is 5.10 Å². The molecular weight excluding hydrogens is 402 g/mol. The summed E-state index contributed by atoms with van der Waals surface area (Å²) in [5.41, 5.74) is 2.28. The van der Waals surface area contributed by atoms with Crippen LogP contribution in [0.15, 0.2) is 65.8 Å². The van der Waals surface area contributed by atoms with Gasteiger partial charge < -0.3 is 10.2 Å². The van der Waals surface area contributed by atoms with Crippen LogP contribution in [0.25, 0.3) is 0 Å². The maximum absolute atomic E-state index is 13.3. The van der Waals surface area contributed by atoms with Gasteiger partial charge in [0, 0.05) is 39.1 Å². The molecule has 1 amide bonds. The second kappa shape index (κ2) is 10.1. The van der Waals surface area contributed by atoms with Gasteiger partial charge in [0.25, 0.3) is 5.91 Å². The van der Waals surface area contributed by atoms with Crippen LogP contribution in [0.1, 0.15) is 24.9 Å². The SMILES string of the molecule is CC(=O)C1CC(C(=O)NC(CN2CCN(C)CC2)c2ccccc2)=NN1c1ccccc1. The molecule has 0 aromatic heterocycles. The van der Waals surface area contributed by atoms with E-state index >= 15 is 0 Å². The van der Waals surface area contributed by atoms with E-state index in [2.05, 4.69) is 27.3 Å². The number of anilines is 1. The number of nitrogens with one attached hydrogen (secondary N) is 1. The molecule has 0 saturated carbocycles. The van der Waals surface area contributed by atoms with Gasteiger partial charge in [0.1, 0.15) is 11.8 Å². The molecule has 168 valence electrons. The molecule has 2 unspecified atom stereocenters. The standard InChI is InChI=1S/C25H31N5O2/c1-19(31)24-17-22(27-30(24)21-11-7-4-8-12-21)25(32)26-23(20-9-5-3-6-10-20)18-29-15-13-28(2)14-16-29/h3-12,23-24H,13-18H2,1-2H3,(H,26,32). The van der Waals surface area contributed by atoms with Crippen molar-refractivity contribution in [2.45, 2.75) is 25.4 Å². The van der Waals surface area contributed by atoms with Crippen LogP contribution in [-0.4, -0.2) is 73.0 Å². The molecule has 32 heavy (non-hydrogen) atoms. The Labute approximate surface area is 189 Å². The molecule has 7 nitrogen and oxygen atoms in total. The highest BCUT2D eigenvalue weighted by molar-refractivity contribution is 6.40. The number of rotatable bonds is 7. The van der Waals surface area contributed by atoms with Gasteiger partial charge in [-0.3, -0.25) is 19.5 Å². The second-order valence-corrected chi connectivity index (χ2v) is 8.60. The Balaban J connectivity index is 1.51. The van der Waals surface area contributed by atoms with Crippen molar-refractivity contribution in [1.82, 2.24) is 15.1 Å². The molecule has 0 bridgehead atoms. The summed E-state index contributed by atoms with van der Waals surface area (Å²) in [5.74, 6) is -0.213. The summed E-state index contributed by atoms with van der Waals surface area (Å²) < 4.78 is 0. The summed E-state index contributed by atoms with van der Waals surface area (Å²) in [6.45, 7) is 6.30. The lowest BCUT2D eigenvalue weighted by molar-refractivity contribution is -0.118. The van der Waals surface area contributed by atoms with Crippen molar-refractivity contribution in [2.24, 2.45) is 5.10 Å². The van der Waals surface area contributed by atoms with Crippen LogP contribution in [0.3, 0.4) is 0 Å². The fraction of sp³-hybridized carbons (Fsp3) is 0.400. The minimum Gasteiger partial charge on any atom is -0.343 e. The number of hydrogen-bond donors (Lipinski definition) is 1. The first-order valence-corrected chi connectivity index (χ1v) is 11.2. The third-order valence-electron chi connectivity index (χ3n) is 6.21. The molecule has 2 atom stereocenters. The van der Waals surface area contributed by atoms with Gasteiger partial charge in [0.15, 0.2) is 5.78 Å². The first kappa shape index (κ1) is 22.2. The van der Waals surface area contributed by atoms with Crippen molar-refractivity contribution in [3.63, 3.8) is 0 Å². The van der Waals surface area contributed by atoms with E-state index in [4.69, 9.17) is 0 Å². The molecule has 0 spiro atoms. The third-order valence-corrected chi connectivity index (χ3v) is 6.21. The predicted octanol–water partition coefficient (Wildman–Crippen LogP) is 2.32. The van der Waals surface area contributed by atoms with Crippen LogP contribution in [0, 0.1) is 0 Å². The van der Waals surface area contributed by atoms with E-state index < -0.39 is 6.04 Å². The van der Waals surface area contributed by atoms with Crippen LogP contribution < -0.4 is 10.3 Å². The highest BCUT2D eigenvalue weighted by atomic mass is 16.2. The molecule has 1 saturated heterocycles. The van der Waals surface area contributed by atoms with E-state index in [-0.39, 0.29) is 17.7 Å². The van der Waals surface area contributed by atoms with Crippen LogP contribution in [0.2, 0.25) is 0 Å². The van der Waals surface area contributed by atoms with E-state index in [1.807, 2.05) is 60.7 Å². The van der Waals surface area contributed by atoms with Gasteiger partial charge >= 0.3 is 0 Å². The third kappa shape index (κ3) is 5.23. The Morgan fingerprint density at radius 3 is 2.25 bits per heavy atom. The summed E-state index contributed by atoms with van der Waals surface area (Å²) in [6, 6.07) is 19.0. The number of carbonyl (C=O) groups is 2. The van der Waals surface area contributed by atoms with Crippen LogP contribution in [-0.2, 0) is 9.59 Å². The van der Waals surface area contributed by atoms with Crippen molar-refractivity contribution in [3.05, 3.63) is 66.2 Å². The molecule has 2 aliphatic heterocycles. The van der Waals surface area contributed by atoms with Crippen LogP contribution in [0.4, 0.5) is 5.69 Å². The molecule has 1 fully saturated rings. The van der Waals surface area contributed by atoms with Gasteiger partial charge in [-0.05, 0) is 31.7 Å². The first-order valence-electron chi connectivity index (χ1n) is 11.2. The average molecular weight is 434 g/mol. The largest absolute Gasteiger partial charge is 0.343 e. The summed E-state index contributed by atoms with van der Waals surface area (Å²) in [4.78, 5) is 30.2. The maximum Gasteiger partial charge on any atom is 0.268 e. The molecule has 2 aromatic carbocycles. The van der Waals surface area contributed by atoms with Gasteiger partial charge in [-0.25, -0.2) is 0 Å². The number of hydrogen-bond acceptors (Lipinski definition) is 6. The van der Waals surface area contributed by atoms with E-state index in [1.165, 1.54) is 0 Å². The molecule has 4 rings (SSSR count). The number of Topliss-reactive ketones (excluding diaryl/α,β-unsaturated/α-hetero) is 1. The number of ketones is 1. The minimum absolute atomic E-state index is 0.00236. The Kier molecular flexibility index (Phi) is 6.97. The highest BCUT2D eigenvalue weighted by Crippen LogP contribution is 2.25. The Morgan fingerprint density at radius 1 is 1.00 bits per heavy atom. The van der Waals surface area contributed by atoms with Crippen LogP contribution >= 0.6 is 0 Å². The number of amides is 1. The van der Waals surface area contributed by atoms with Gasteiger partial charge in [0.05, 0.1) is 11.7 Å². The van der Waals surface area contributed by atoms with Crippen molar-refractivity contribution in [2.75, 3.05) is 44.8 Å². The van der Waals surface area contributed by atoms with E-state index in [1.54, 1.807) is 11.9 Å². The smallest absolute Gasteiger partial charge is 0.268 e. The zero-order valence-electron chi connectivity index (χ0n) is 18.8. The first-order chi connectivity index (χ1) is 15.5. The number of likely N-dealkylation sites (N-methyl/N-ethyl adjacent to an activating group) is 1. The minimum atomic E-state index is -0.453. The predicted molar refractivity (Wildman–Crippen MR) is 127 cm³/mol. The van der Waals surface area contributed by atoms with Gasteiger partial charge in [-0.1, -0.05) is 48.5 Å². The average Bonchev–Trinajstić information content (AvgIpc) is 3.27. The summed E-state index contributed by atoms with van der Waals surface area (Å²) in [5, 5.41) is 9.44. The van der Waals surface area contributed by atoms with Gasteiger partial charge in [-0.15, -0.1) is 0 Å². The number of benzene rings is 2. The van der Waals surface area contributed by atoms with Gasteiger partial charge in [0.2, 0.25) is 0 Å². The molecule has 1 N–H and O–H groups in total. The molecule has 2 heterocycles. The highest BCUT2D eigenvalue weighted by Gasteiger charge is 2.35. The van der Waals surface area contributed by atoms with E-state index in [0.29, 0.717) is 12.1 Å². The van der Waals surface area contributed by atoms with E-state index in [9.17, 15) is 9.59 Å². The fourth-order valence-electron chi connectivity index (χ4n) is 4.23. The molecule has 0 radical (unpaired) electrons. The second-order valence-electron chi connectivity index (χ2n) is 8.60. The Hall–Kier alpha value is -3.03. The topological polar surface area (TPSA) is 68.2 Å². The maximum atomic E-state index is 13.3. The normalized spacial score (nSPS) is 20.6. The number of piperazine rings is 1. The lowest BCUT2D eigenvalue weighted by Gasteiger charge is -2.35. The molecular formula is C25H31N5O2. The molecule has 2 aliphatic rings. The van der Waals surface area contributed by atoms with Crippen molar-refractivity contribution < 1.29 is 9.59 Å². The molecule has 7 heteroatoms. The summed E-state index contributed by atoms with van der Waals surface area (Å²) in [6.07, 6.45) is 0.312. The zero-order valence-corrected chi connectivity index (χ0v) is 18.8. The number of hydrazone groups is 1. The lowest BCUT2D eigenvalue weighted by atomic mass is 10.0. The Morgan fingerprint density at radius 2 is 1.62 bits per heavy atom. The quantitative estimate of drug-likeness (QED) is 0.726. The van der Waals surface area contributed by atoms with Crippen molar-refractivity contribution >= 4 is 23.1 Å². The summed E-state index contributed by atoms with van der Waals surface area (Å²) in [7, 11) is 2.13. The zero-order chi connectivity index (χ0) is 22.5. The Bertz CT molecular complexity index is 955. The van der Waals surface area contributed by atoms with Crippen molar-refractivity contribution in [1.29, 1.82) is 0 Å². The van der Waals surface area contributed by atoms with Crippen LogP contribution in [0.5, 0.6) is 0 Å². The van der Waals surface area contributed by atoms with E-state index in [0.717, 1.165) is 44.0 Å². The molecule has 2 aromatic rings. The fourth-order valence-corrected chi connectivity index (χ4v) is 4.23. The summed E-state index contributed by atoms with van der Waals surface area (Å²) >= 11 is 0. The number of para-hydroxylation sites is 1. The number of carbonyl (C=O) groups excluding carboxylic acids is 2. The lowest BCUT2D eigenvalue weighted by Crippen LogP contribution is -2.48. The molecule has 0 aliphatic carbocycles. The van der Waals surface area contributed by atoms with Crippen molar-refractivity contribution in [3.8, 4) is 0 Å². The number of nitrogens with zero attached hydrogens (tertiary/aromatic N) is 4.